The molecule has 3 N–H and O–H groups in total. The number of rotatable bonds is 10. The molecule has 1 aromatic heterocycles. The maximum atomic E-state index is 12.1. The smallest absolute Gasteiger partial charge is 0.226 e. The molecule has 1 aliphatic rings. The summed E-state index contributed by atoms with van der Waals surface area (Å²) in [7, 11) is -3.28. The summed E-state index contributed by atoms with van der Waals surface area (Å²) in [4.78, 5) is 8.91. The number of nitrogens with zero attached hydrogens (tertiary/aromatic N) is 2. The average molecular weight is 547 g/mol. The van der Waals surface area contributed by atoms with E-state index in [-0.39, 0.29) is 36.3 Å². The summed E-state index contributed by atoms with van der Waals surface area (Å²) >= 11 is 0. The Labute approximate surface area is 195 Å². The van der Waals surface area contributed by atoms with Crippen LogP contribution >= 0.6 is 24.0 Å². The van der Waals surface area contributed by atoms with E-state index in [2.05, 4.69) is 25.3 Å². The minimum Gasteiger partial charge on any atom is -0.444 e. The van der Waals surface area contributed by atoms with Crippen molar-refractivity contribution < 1.29 is 12.8 Å². The summed E-state index contributed by atoms with van der Waals surface area (Å²) in [6.45, 7) is 3.79. The van der Waals surface area contributed by atoms with Crippen LogP contribution < -0.4 is 15.4 Å². The topological polar surface area (TPSA) is 109 Å². The fourth-order valence-corrected chi connectivity index (χ4v) is 3.92. The molecule has 0 saturated heterocycles. The molecule has 0 radical (unpaired) electrons. The van der Waals surface area contributed by atoms with E-state index < -0.39 is 10.0 Å². The Morgan fingerprint density at radius 2 is 2.00 bits per heavy atom. The maximum absolute atomic E-state index is 12.1. The number of aliphatic imine (C=N–C) groups is 1. The van der Waals surface area contributed by atoms with Gasteiger partial charge in [-0.2, -0.15) is 0 Å². The van der Waals surface area contributed by atoms with E-state index in [0.717, 1.165) is 18.4 Å². The molecule has 1 aliphatic carbocycles. The van der Waals surface area contributed by atoms with Crippen molar-refractivity contribution in [2.75, 3.05) is 25.4 Å². The molecule has 3 rings (SSSR count). The Hall–Kier alpha value is -1.66. The fraction of sp³-hybridized carbons (Fsp3) is 0.500. The summed E-state index contributed by atoms with van der Waals surface area (Å²) in [5.74, 6) is 1.61. The predicted octanol–water partition coefficient (Wildman–Crippen LogP) is 2.73. The minimum atomic E-state index is -3.28. The highest BCUT2D eigenvalue weighted by molar-refractivity contribution is 14.0. The van der Waals surface area contributed by atoms with Gasteiger partial charge in [0.1, 0.15) is 12.0 Å². The van der Waals surface area contributed by atoms with Gasteiger partial charge in [0.15, 0.2) is 5.96 Å². The van der Waals surface area contributed by atoms with Crippen molar-refractivity contribution in [1.29, 1.82) is 0 Å². The van der Waals surface area contributed by atoms with E-state index in [9.17, 15) is 8.42 Å². The van der Waals surface area contributed by atoms with Gasteiger partial charge in [-0.3, -0.25) is 0 Å². The number of halogens is 1. The Bertz CT molecular complexity index is 898. The lowest BCUT2D eigenvalue weighted by Gasteiger charge is -2.25. The van der Waals surface area contributed by atoms with Crippen LogP contribution in [0, 0.1) is 5.92 Å². The van der Waals surface area contributed by atoms with Gasteiger partial charge in [0.05, 0.1) is 12.3 Å². The molecule has 8 nitrogen and oxygen atoms in total. The van der Waals surface area contributed by atoms with E-state index >= 15 is 0 Å². The SMILES string of the molecule is CCNC(=NCc1coc(-c2ccccc2)n1)NCCS(=O)(=O)NCC1CCC1.I. The quantitative estimate of drug-likeness (QED) is 0.240. The normalized spacial score (nSPS) is 14.6. The third-order valence-electron chi connectivity index (χ3n) is 4.80. The molecule has 0 aliphatic heterocycles. The van der Waals surface area contributed by atoms with Crippen LogP contribution in [0.4, 0.5) is 0 Å². The van der Waals surface area contributed by atoms with E-state index in [0.29, 0.717) is 43.1 Å². The zero-order valence-corrected chi connectivity index (χ0v) is 20.3. The van der Waals surface area contributed by atoms with Gasteiger partial charge in [-0.1, -0.05) is 24.6 Å². The summed E-state index contributed by atoms with van der Waals surface area (Å²) < 4.78 is 32.4. The summed E-state index contributed by atoms with van der Waals surface area (Å²) in [6, 6.07) is 9.67. The highest BCUT2D eigenvalue weighted by Gasteiger charge is 2.20. The Balaban J connectivity index is 0.00000320. The van der Waals surface area contributed by atoms with Crippen LogP contribution in [0.3, 0.4) is 0 Å². The second-order valence-corrected chi connectivity index (χ2v) is 9.02. The largest absolute Gasteiger partial charge is 0.444 e. The Morgan fingerprint density at radius 3 is 2.67 bits per heavy atom. The number of hydrogen-bond donors (Lipinski definition) is 3. The molecule has 1 fully saturated rings. The number of benzene rings is 1. The molecule has 0 amide bonds. The molecule has 1 saturated carbocycles. The van der Waals surface area contributed by atoms with Crippen LogP contribution in [0.15, 0.2) is 46.0 Å². The van der Waals surface area contributed by atoms with Gasteiger partial charge in [0, 0.05) is 25.2 Å². The fourth-order valence-electron chi connectivity index (χ4n) is 2.91. The van der Waals surface area contributed by atoms with Crippen molar-refractivity contribution in [1.82, 2.24) is 20.3 Å². The number of aromatic nitrogens is 1. The van der Waals surface area contributed by atoms with Gasteiger partial charge < -0.3 is 15.1 Å². The Morgan fingerprint density at radius 1 is 1.23 bits per heavy atom. The molecule has 10 heteroatoms. The van der Waals surface area contributed by atoms with Crippen molar-refractivity contribution in [3.05, 3.63) is 42.3 Å². The molecular weight excluding hydrogens is 517 g/mol. The molecule has 0 atom stereocenters. The van der Waals surface area contributed by atoms with E-state index in [1.165, 1.54) is 6.42 Å². The molecular formula is C20H30IN5O3S. The lowest BCUT2D eigenvalue weighted by molar-refractivity contribution is 0.316. The number of oxazole rings is 1. The van der Waals surface area contributed by atoms with Gasteiger partial charge in [-0.25, -0.2) is 23.1 Å². The van der Waals surface area contributed by atoms with Crippen molar-refractivity contribution in [3.8, 4) is 11.5 Å². The van der Waals surface area contributed by atoms with Crippen molar-refractivity contribution in [3.63, 3.8) is 0 Å². The van der Waals surface area contributed by atoms with Gasteiger partial charge in [-0.15, -0.1) is 24.0 Å². The summed E-state index contributed by atoms with van der Waals surface area (Å²) in [5.41, 5.74) is 1.61. The number of nitrogens with one attached hydrogen (secondary N) is 3. The summed E-state index contributed by atoms with van der Waals surface area (Å²) in [5, 5.41) is 6.17. The van der Waals surface area contributed by atoms with Crippen LogP contribution in [0.25, 0.3) is 11.5 Å². The average Bonchev–Trinajstić information content (AvgIpc) is 3.14. The standard InChI is InChI=1S/C20H29N5O3S.HI/c1-2-21-20(22-11-12-29(26,27)24-13-16-7-6-8-16)23-14-18-15-28-19(25-18)17-9-4-3-5-10-17;/h3-5,9-10,15-16,24H,2,6-8,11-14H2,1H3,(H2,21,22,23);1H. The van der Waals surface area contributed by atoms with Crippen molar-refractivity contribution in [2.45, 2.75) is 32.7 Å². The predicted molar refractivity (Wildman–Crippen MR) is 129 cm³/mol. The first-order valence-corrected chi connectivity index (χ1v) is 11.7. The van der Waals surface area contributed by atoms with Crippen LogP contribution in [0.5, 0.6) is 0 Å². The maximum Gasteiger partial charge on any atom is 0.226 e. The van der Waals surface area contributed by atoms with Crippen LogP contribution in [0.2, 0.25) is 0 Å². The molecule has 0 bridgehead atoms. The van der Waals surface area contributed by atoms with Crippen molar-refractivity contribution >= 4 is 40.0 Å². The van der Waals surface area contributed by atoms with E-state index in [1.807, 2.05) is 37.3 Å². The number of guanidine groups is 1. The second-order valence-electron chi connectivity index (χ2n) is 7.10. The van der Waals surface area contributed by atoms with Gasteiger partial charge in [0.25, 0.3) is 0 Å². The monoisotopic (exact) mass is 547 g/mol. The third-order valence-corrected chi connectivity index (χ3v) is 6.14. The first-order valence-electron chi connectivity index (χ1n) is 10.0. The van der Waals surface area contributed by atoms with Gasteiger partial charge >= 0.3 is 0 Å². The van der Waals surface area contributed by atoms with Gasteiger partial charge in [-0.05, 0) is 37.8 Å². The highest BCUT2D eigenvalue weighted by Crippen LogP contribution is 2.25. The molecule has 1 aromatic carbocycles. The van der Waals surface area contributed by atoms with Crippen LogP contribution in [-0.2, 0) is 16.6 Å². The molecule has 1 heterocycles. The molecule has 2 aromatic rings. The van der Waals surface area contributed by atoms with Crippen LogP contribution in [0.1, 0.15) is 31.9 Å². The minimum absolute atomic E-state index is 0. The third kappa shape index (κ3) is 7.88. The Kier molecular flexibility index (Phi) is 10.1. The molecule has 166 valence electrons. The zero-order valence-electron chi connectivity index (χ0n) is 17.1. The lowest BCUT2D eigenvalue weighted by atomic mass is 9.86. The number of hydrogen-bond acceptors (Lipinski definition) is 5. The zero-order chi connectivity index (χ0) is 20.5. The molecule has 30 heavy (non-hydrogen) atoms. The summed E-state index contributed by atoms with van der Waals surface area (Å²) in [6.07, 6.45) is 5.02. The van der Waals surface area contributed by atoms with E-state index in [1.54, 1.807) is 6.26 Å². The lowest BCUT2D eigenvalue weighted by Crippen LogP contribution is -2.42. The molecule has 0 spiro atoms. The van der Waals surface area contributed by atoms with E-state index in [4.69, 9.17) is 4.42 Å². The highest BCUT2D eigenvalue weighted by atomic mass is 127. The first-order chi connectivity index (χ1) is 14.1. The van der Waals surface area contributed by atoms with Crippen molar-refractivity contribution in [2.24, 2.45) is 10.9 Å². The van der Waals surface area contributed by atoms with Gasteiger partial charge in [0.2, 0.25) is 15.9 Å². The number of sulfonamides is 1. The first kappa shape index (κ1) is 24.6. The molecule has 0 unspecified atom stereocenters. The second kappa shape index (κ2) is 12.3. The van der Waals surface area contributed by atoms with Crippen LogP contribution in [-0.4, -0.2) is 44.7 Å².